The highest BCUT2D eigenvalue weighted by Gasteiger charge is 2.12. The maximum absolute atomic E-state index is 11.3. The number of aromatic nitrogens is 1. The first-order valence-corrected chi connectivity index (χ1v) is 8.66. The van der Waals surface area contributed by atoms with Gasteiger partial charge in [0.05, 0.1) is 12.9 Å². The Kier molecular flexibility index (Phi) is 4.76. The largest absolute Gasteiger partial charge is 0.494 e. The molecule has 0 amide bonds. The van der Waals surface area contributed by atoms with Crippen LogP contribution in [0.1, 0.15) is 12.5 Å². The van der Waals surface area contributed by atoms with Crippen molar-refractivity contribution in [2.75, 3.05) is 17.6 Å². The Bertz CT molecular complexity index is 791. The molecule has 0 aliphatic carbocycles. The van der Waals surface area contributed by atoms with E-state index in [9.17, 15) is 8.42 Å². The number of pyridine rings is 1. The lowest BCUT2D eigenvalue weighted by Gasteiger charge is -2.15. The Labute approximate surface area is 132 Å². The van der Waals surface area contributed by atoms with E-state index in [1.54, 1.807) is 24.5 Å². The van der Waals surface area contributed by atoms with Gasteiger partial charge < -0.3 is 4.74 Å². The van der Waals surface area contributed by atoms with Gasteiger partial charge in [-0.05, 0) is 42.6 Å². The molecular formula is C15H17BN2O3S. The second-order valence-electron chi connectivity index (χ2n) is 4.94. The minimum atomic E-state index is -3.30. The smallest absolute Gasteiger partial charge is 0.229 e. The molecule has 0 atom stereocenters. The monoisotopic (exact) mass is 316 g/mol. The molecule has 22 heavy (non-hydrogen) atoms. The van der Waals surface area contributed by atoms with E-state index >= 15 is 0 Å². The quantitative estimate of drug-likeness (QED) is 0.851. The lowest BCUT2D eigenvalue weighted by atomic mass is 9.91. The van der Waals surface area contributed by atoms with Crippen LogP contribution in [0.4, 0.5) is 5.69 Å². The highest BCUT2D eigenvalue weighted by Crippen LogP contribution is 2.31. The van der Waals surface area contributed by atoms with E-state index < -0.39 is 10.0 Å². The lowest BCUT2D eigenvalue weighted by Crippen LogP contribution is -2.12. The third kappa shape index (κ3) is 3.79. The van der Waals surface area contributed by atoms with Crippen LogP contribution in [0.5, 0.6) is 5.75 Å². The number of aryl methyl sites for hydroxylation is 1. The van der Waals surface area contributed by atoms with Crippen LogP contribution in [0.2, 0.25) is 0 Å². The van der Waals surface area contributed by atoms with Gasteiger partial charge in [0.2, 0.25) is 10.0 Å². The summed E-state index contributed by atoms with van der Waals surface area (Å²) in [6.45, 7) is 4.27. The summed E-state index contributed by atoms with van der Waals surface area (Å²) in [5.74, 6) is 0.587. The van der Waals surface area contributed by atoms with Gasteiger partial charge in [-0.2, -0.15) is 0 Å². The molecule has 0 saturated carbocycles. The molecule has 0 aliphatic heterocycles. The van der Waals surface area contributed by atoms with Gasteiger partial charge in [-0.15, -0.1) is 0 Å². The Morgan fingerprint density at radius 2 is 2.00 bits per heavy atom. The van der Waals surface area contributed by atoms with Crippen molar-refractivity contribution in [1.82, 2.24) is 4.98 Å². The SMILES string of the molecule is [B]c1cncc(-c2ccc(NS(C)(=O)=O)cc2C)c1OCC. The van der Waals surface area contributed by atoms with Crippen LogP contribution in [-0.2, 0) is 10.0 Å². The number of nitrogens with zero attached hydrogens (tertiary/aromatic N) is 1. The molecule has 0 bridgehead atoms. The lowest BCUT2D eigenvalue weighted by molar-refractivity contribution is 0.344. The van der Waals surface area contributed by atoms with Crippen molar-refractivity contribution in [3.05, 3.63) is 36.2 Å². The predicted molar refractivity (Wildman–Crippen MR) is 89.4 cm³/mol. The first-order valence-electron chi connectivity index (χ1n) is 6.77. The summed E-state index contributed by atoms with van der Waals surface area (Å²) in [4.78, 5) is 4.11. The van der Waals surface area contributed by atoms with Crippen LogP contribution >= 0.6 is 0 Å². The molecule has 0 unspecified atom stereocenters. The molecule has 1 N–H and O–H groups in total. The van der Waals surface area contributed by atoms with Crippen molar-refractivity contribution in [2.45, 2.75) is 13.8 Å². The maximum atomic E-state index is 11.3. The molecule has 7 heteroatoms. The van der Waals surface area contributed by atoms with Crippen LogP contribution in [0.25, 0.3) is 11.1 Å². The van der Waals surface area contributed by atoms with Gasteiger partial charge in [0, 0.05) is 23.6 Å². The number of hydrogen-bond donors (Lipinski definition) is 1. The van der Waals surface area contributed by atoms with Crippen molar-refractivity contribution in [3.63, 3.8) is 0 Å². The Balaban J connectivity index is 2.48. The summed E-state index contributed by atoms with van der Waals surface area (Å²) in [5, 5.41) is 0. The normalized spacial score (nSPS) is 11.2. The average molecular weight is 316 g/mol. The molecule has 114 valence electrons. The van der Waals surface area contributed by atoms with Crippen LogP contribution < -0.4 is 14.9 Å². The van der Waals surface area contributed by atoms with Crippen molar-refractivity contribution in [3.8, 4) is 16.9 Å². The third-order valence-corrected chi connectivity index (χ3v) is 3.64. The summed E-state index contributed by atoms with van der Waals surface area (Å²) in [7, 11) is 2.63. The minimum Gasteiger partial charge on any atom is -0.494 e. The molecule has 2 radical (unpaired) electrons. The summed E-state index contributed by atoms with van der Waals surface area (Å²) >= 11 is 0. The van der Waals surface area contributed by atoms with Gasteiger partial charge in [0.1, 0.15) is 13.6 Å². The highest BCUT2D eigenvalue weighted by atomic mass is 32.2. The van der Waals surface area contributed by atoms with Crippen molar-refractivity contribution >= 4 is 29.0 Å². The van der Waals surface area contributed by atoms with E-state index in [0.29, 0.717) is 23.5 Å². The Morgan fingerprint density at radius 3 is 2.59 bits per heavy atom. The van der Waals surface area contributed by atoms with E-state index in [-0.39, 0.29) is 0 Å². The van der Waals surface area contributed by atoms with Gasteiger partial charge in [-0.1, -0.05) is 6.07 Å². The Hall–Kier alpha value is -2.02. The molecule has 5 nitrogen and oxygen atoms in total. The molecule has 1 heterocycles. The van der Waals surface area contributed by atoms with E-state index in [2.05, 4.69) is 9.71 Å². The van der Waals surface area contributed by atoms with Crippen LogP contribution in [-0.4, -0.2) is 34.1 Å². The number of nitrogens with one attached hydrogen (secondary N) is 1. The molecule has 0 fully saturated rings. The maximum Gasteiger partial charge on any atom is 0.229 e. The van der Waals surface area contributed by atoms with Crippen LogP contribution in [0.15, 0.2) is 30.6 Å². The number of benzene rings is 1. The van der Waals surface area contributed by atoms with E-state index in [0.717, 1.165) is 22.9 Å². The van der Waals surface area contributed by atoms with Gasteiger partial charge in [0.15, 0.2) is 0 Å². The zero-order valence-electron chi connectivity index (χ0n) is 12.8. The molecule has 2 rings (SSSR count). The molecule has 0 saturated heterocycles. The second-order valence-corrected chi connectivity index (χ2v) is 6.69. The topological polar surface area (TPSA) is 68.3 Å². The van der Waals surface area contributed by atoms with Gasteiger partial charge in [-0.25, -0.2) is 8.42 Å². The predicted octanol–water partition coefficient (Wildman–Crippen LogP) is 1.62. The van der Waals surface area contributed by atoms with E-state index in [1.165, 1.54) is 0 Å². The van der Waals surface area contributed by atoms with Gasteiger partial charge in [-0.3, -0.25) is 9.71 Å². The molecule has 2 aromatic rings. The first-order chi connectivity index (χ1) is 10.3. The van der Waals surface area contributed by atoms with Crippen molar-refractivity contribution in [2.24, 2.45) is 0 Å². The molecular weight excluding hydrogens is 299 g/mol. The fourth-order valence-electron chi connectivity index (χ4n) is 2.21. The Morgan fingerprint density at radius 1 is 1.27 bits per heavy atom. The number of anilines is 1. The van der Waals surface area contributed by atoms with Crippen molar-refractivity contribution < 1.29 is 13.2 Å². The van der Waals surface area contributed by atoms with Crippen LogP contribution in [0, 0.1) is 6.92 Å². The van der Waals surface area contributed by atoms with E-state index in [1.807, 2.05) is 19.9 Å². The summed E-state index contributed by atoms with van der Waals surface area (Å²) < 4.78 is 30.7. The number of hydrogen-bond acceptors (Lipinski definition) is 4. The fourth-order valence-corrected chi connectivity index (χ4v) is 2.76. The zero-order chi connectivity index (χ0) is 16.3. The third-order valence-electron chi connectivity index (χ3n) is 3.03. The first kappa shape index (κ1) is 16.4. The molecule has 0 aliphatic rings. The molecule has 1 aromatic heterocycles. The zero-order valence-corrected chi connectivity index (χ0v) is 13.6. The van der Waals surface area contributed by atoms with Gasteiger partial charge >= 0.3 is 0 Å². The van der Waals surface area contributed by atoms with Gasteiger partial charge in [0.25, 0.3) is 0 Å². The summed E-state index contributed by atoms with van der Waals surface area (Å²) in [6.07, 6.45) is 4.35. The summed E-state index contributed by atoms with van der Waals surface area (Å²) in [5.41, 5.74) is 3.55. The number of sulfonamides is 1. The van der Waals surface area contributed by atoms with Crippen molar-refractivity contribution in [1.29, 1.82) is 0 Å². The standard InChI is InChI=1S/C15H17BN2O3S/c1-4-21-15-13(8-17-9-14(15)16)12-6-5-11(7-10(12)2)18-22(3,19)20/h5-9,18H,4H2,1-3H3. The number of rotatable bonds is 5. The highest BCUT2D eigenvalue weighted by molar-refractivity contribution is 7.92. The average Bonchev–Trinajstić information content (AvgIpc) is 2.40. The summed E-state index contributed by atoms with van der Waals surface area (Å²) in [6, 6.07) is 5.28. The molecule has 0 spiro atoms. The second kappa shape index (κ2) is 6.40. The number of ether oxygens (including phenoxy) is 1. The van der Waals surface area contributed by atoms with E-state index in [4.69, 9.17) is 12.6 Å². The van der Waals surface area contributed by atoms with Crippen LogP contribution in [0.3, 0.4) is 0 Å². The fraction of sp³-hybridized carbons (Fsp3) is 0.267. The minimum absolute atomic E-state index is 0.470. The molecule has 1 aromatic carbocycles.